The Morgan fingerprint density at radius 2 is 1.87 bits per heavy atom. The molecule has 3 amide bonds. The molecule has 1 aromatic heterocycles. The normalized spacial score (nSPS) is 11.4. The Kier molecular flexibility index (Phi) is 9.26. The van der Waals surface area contributed by atoms with Crippen molar-refractivity contribution in [3.8, 4) is 0 Å². The van der Waals surface area contributed by atoms with E-state index in [0.717, 1.165) is 17.8 Å². The van der Waals surface area contributed by atoms with Crippen LogP contribution in [-0.2, 0) is 9.59 Å². The number of nitrogens with one attached hydrogen (secondary N) is 4. The van der Waals surface area contributed by atoms with Crippen LogP contribution >= 0.6 is 0 Å². The lowest BCUT2D eigenvalue weighted by atomic mass is 10.0. The Balaban J connectivity index is 1.65. The maximum atomic E-state index is 11.9. The molecule has 1 atom stereocenters. The second-order valence-corrected chi connectivity index (χ2v) is 6.81. The molecule has 0 aliphatic carbocycles. The minimum Gasteiger partial charge on any atom is -0.481 e. The molecule has 160 valence electrons. The first-order valence-corrected chi connectivity index (χ1v) is 9.72. The third-order valence-corrected chi connectivity index (χ3v) is 4.25. The molecule has 0 bridgehead atoms. The quantitative estimate of drug-likeness (QED) is 0.282. The van der Waals surface area contributed by atoms with Crippen LogP contribution < -0.4 is 21.5 Å². The summed E-state index contributed by atoms with van der Waals surface area (Å²) in [6.07, 6.45) is 3.07. The average molecular weight is 413 g/mol. The molecular weight excluding hydrogens is 386 g/mol. The molecule has 0 aliphatic heterocycles. The summed E-state index contributed by atoms with van der Waals surface area (Å²) in [5.41, 5.74) is 6.83. The topological polar surface area (TPSA) is 132 Å². The number of carboxylic acid groups (broad SMARTS) is 1. The highest BCUT2D eigenvalue weighted by molar-refractivity contribution is 5.94. The van der Waals surface area contributed by atoms with Crippen LogP contribution in [-0.4, -0.2) is 34.5 Å². The number of benzene rings is 1. The Labute approximate surface area is 175 Å². The van der Waals surface area contributed by atoms with E-state index in [9.17, 15) is 14.4 Å². The van der Waals surface area contributed by atoms with Crippen LogP contribution in [0.4, 0.5) is 10.6 Å². The number of hydrogen-bond donors (Lipinski definition) is 5. The molecule has 2 rings (SSSR count). The third kappa shape index (κ3) is 8.70. The molecular formula is C21H27N5O4. The molecule has 5 N–H and O–H groups in total. The van der Waals surface area contributed by atoms with Gasteiger partial charge in [-0.05, 0) is 43.0 Å². The highest BCUT2D eigenvalue weighted by atomic mass is 16.4. The molecule has 0 spiro atoms. The van der Waals surface area contributed by atoms with Gasteiger partial charge in [0.25, 0.3) is 0 Å². The number of hydrogen-bond acceptors (Lipinski definition) is 6. The smallest absolute Gasteiger partial charge is 0.335 e. The number of rotatable bonds is 11. The minimum absolute atomic E-state index is 0.202. The van der Waals surface area contributed by atoms with E-state index in [4.69, 9.17) is 5.11 Å². The Morgan fingerprint density at radius 1 is 1.10 bits per heavy atom. The fraction of sp³-hybridized carbons (Fsp3) is 0.333. The summed E-state index contributed by atoms with van der Waals surface area (Å²) in [4.78, 5) is 39.1. The number of aromatic nitrogens is 1. The van der Waals surface area contributed by atoms with Crippen molar-refractivity contribution in [2.24, 2.45) is 0 Å². The monoisotopic (exact) mass is 413 g/mol. The fourth-order valence-electron chi connectivity index (χ4n) is 2.75. The van der Waals surface area contributed by atoms with Gasteiger partial charge < -0.3 is 10.4 Å². The van der Waals surface area contributed by atoms with Gasteiger partial charge in [-0.3, -0.25) is 20.3 Å². The first-order chi connectivity index (χ1) is 14.4. The van der Waals surface area contributed by atoms with E-state index in [0.29, 0.717) is 18.5 Å². The van der Waals surface area contributed by atoms with Gasteiger partial charge in [-0.1, -0.05) is 30.3 Å². The number of carboxylic acids is 1. The molecule has 0 radical (unpaired) electrons. The number of imide groups is 1. The van der Waals surface area contributed by atoms with Crippen LogP contribution in [0.15, 0.2) is 48.7 Å². The summed E-state index contributed by atoms with van der Waals surface area (Å²) in [6.45, 7) is 2.66. The second kappa shape index (κ2) is 12.2. The Hall–Kier alpha value is -3.46. The van der Waals surface area contributed by atoms with Gasteiger partial charge >= 0.3 is 12.0 Å². The summed E-state index contributed by atoms with van der Waals surface area (Å²) >= 11 is 0. The van der Waals surface area contributed by atoms with Gasteiger partial charge in [0.05, 0.1) is 12.5 Å². The first kappa shape index (κ1) is 22.8. The molecule has 1 unspecified atom stereocenters. The predicted molar refractivity (Wildman–Crippen MR) is 113 cm³/mol. The zero-order chi connectivity index (χ0) is 21.8. The second-order valence-electron chi connectivity index (χ2n) is 6.81. The summed E-state index contributed by atoms with van der Waals surface area (Å²) in [5.74, 6) is -0.624. The lowest BCUT2D eigenvalue weighted by Crippen LogP contribution is -2.47. The molecule has 1 aromatic carbocycles. The van der Waals surface area contributed by atoms with Crippen molar-refractivity contribution in [1.29, 1.82) is 0 Å². The zero-order valence-corrected chi connectivity index (χ0v) is 16.9. The number of hydrazine groups is 1. The van der Waals surface area contributed by atoms with E-state index in [1.165, 1.54) is 0 Å². The molecule has 1 heterocycles. The van der Waals surface area contributed by atoms with Gasteiger partial charge in [-0.15, -0.1) is 0 Å². The number of pyridine rings is 1. The number of amides is 3. The number of aliphatic carboxylic acids is 1. The molecule has 9 nitrogen and oxygen atoms in total. The van der Waals surface area contributed by atoms with Crippen LogP contribution in [0.5, 0.6) is 0 Å². The molecule has 2 aromatic rings. The van der Waals surface area contributed by atoms with E-state index in [-0.39, 0.29) is 12.8 Å². The van der Waals surface area contributed by atoms with Crippen LogP contribution in [0.2, 0.25) is 0 Å². The van der Waals surface area contributed by atoms with Gasteiger partial charge in [-0.25, -0.2) is 15.2 Å². The van der Waals surface area contributed by atoms with Crippen molar-refractivity contribution >= 4 is 23.7 Å². The van der Waals surface area contributed by atoms with Crippen molar-refractivity contribution in [3.63, 3.8) is 0 Å². The lowest BCUT2D eigenvalue weighted by molar-refractivity contribution is -0.137. The number of urea groups is 1. The van der Waals surface area contributed by atoms with Crippen LogP contribution in [0.25, 0.3) is 0 Å². The molecule has 0 saturated heterocycles. The number of nitrogens with zero attached hydrogens (tertiary/aromatic N) is 1. The van der Waals surface area contributed by atoms with Gasteiger partial charge in [0, 0.05) is 19.2 Å². The predicted octanol–water partition coefficient (Wildman–Crippen LogP) is 2.52. The Bertz CT molecular complexity index is 844. The van der Waals surface area contributed by atoms with Crippen molar-refractivity contribution in [2.45, 2.75) is 38.6 Å². The summed E-state index contributed by atoms with van der Waals surface area (Å²) in [6, 6.07) is 11.4. The minimum atomic E-state index is -1.01. The standard InChI is InChI=1S/C21H27N5O4/c1-15-10-12-23-18(13-15)22-11-6-5-9-19(27)24-21(30)26-25-17(14-20(28)29)16-7-3-2-4-8-16/h2-4,7-8,10,12-13,17,25H,5-6,9,11,14H2,1H3,(H,22,23)(H,28,29)(H2,24,26,27,30). The van der Waals surface area contributed by atoms with Crippen LogP contribution in [0.1, 0.15) is 42.9 Å². The van der Waals surface area contributed by atoms with Crippen LogP contribution in [0, 0.1) is 6.92 Å². The van der Waals surface area contributed by atoms with Crippen molar-refractivity contribution in [3.05, 3.63) is 59.8 Å². The fourth-order valence-corrected chi connectivity index (χ4v) is 2.75. The van der Waals surface area contributed by atoms with Crippen molar-refractivity contribution in [2.75, 3.05) is 11.9 Å². The number of aryl methyl sites for hydroxylation is 1. The van der Waals surface area contributed by atoms with E-state index >= 15 is 0 Å². The maximum absolute atomic E-state index is 11.9. The average Bonchev–Trinajstić information content (AvgIpc) is 2.71. The van der Waals surface area contributed by atoms with Gasteiger partial charge in [0.1, 0.15) is 5.82 Å². The van der Waals surface area contributed by atoms with Crippen LogP contribution in [0.3, 0.4) is 0 Å². The zero-order valence-electron chi connectivity index (χ0n) is 16.9. The highest BCUT2D eigenvalue weighted by Gasteiger charge is 2.16. The summed E-state index contributed by atoms with van der Waals surface area (Å²) in [5, 5.41) is 14.5. The SMILES string of the molecule is Cc1ccnc(NCCCCC(=O)NC(=O)NNC(CC(=O)O)c2ccccc2)c1. The van der Waals surface area contributed by atoms with Gasteiger partial charge in [0.2, 0.25) is 5.91 Å². The molecule has 9 heteroatoms. The van der Waals surface area contributed by atoms with E-state index in [2.05, 4.69) is 26.5 Å². The van der Waals surface area contributed by atoms with E-state index < -0.39 is 23.9 Å². The van der Waals surface area contributed by atoms with Crippen molar-refractivity contribution in [1.82, 2.24) is 21.2 Å². The van der Waals surface area contributed by atoms with E-state index in [1.54, 1.807) is 30.5 Å². The Morgan fingerprint density at radius 3 is 2.57 bits per heavy atom. The number of anilines is 1. The van der Waals surface area contributed by atoms with Gasteiger partial charge in [0.15, 0.2) is 0 Å². The van der Waals surface area contributed by atoms with Crippen molar-refractivity contribution < 1.29 is 19.5 Å². The number of unbranched alkanes of at least 4 members (excludes halogenated alkanes) is 1. The summed E-state index contributed by atoms with van der Waals surface area (Å²) in [7, 11) is 0. The largest absolute Gasteiger partial charge is 0.481 e. The maximum Gasteiger partial charge on any atom is 0.335 e. The number of carbonyl (C=O) groups is 3. The highest BCUT2D eigenvalue weighted by Crippen LogP contribution is 2.15. The van der Waals surface area contributed by atoms with Gasteiger partial charge in [-0.2, -0.15) is 0 Å². The first-order valence-electron chi connectivity index (χ1n) is 9.72. The number of carbonyl (C=O) groups excluding carboxylic acids is 2. The molecule has 0 fully saturated rings. The third-order valence-electron chi connectivity index (χ3n) is 4.25. The van der Waals surface area contributed by atoms with E-state index in [1.807, 2.05) is 25.1 Å². The summed E-state index contributed by atoms with van der Waals surface area (Å²) < 4.78 is 0. The lowest BCUT2D eigenvalue weighted by Gasteiger charge is -2.18. The molecule has 0 aliphatic rings. The molecule has 30 heavy (non-hydrogen) atoms. The molecule has 0 saturated carbocycles.